The monoisotopic (exact) mass is 348 g/mol. The molecular weight excluding hydrogens is 320 g/mol. The third-order valence-electron chi connectivity index (χ3n) is 3.21. The molecule has 0 spiro atoms. The van der Waals surface area contributed by atoms with Crippen LogP contribution in [-0.4, -0.2) is 42.4 Å². The summed E-state index contributed by atoms with van der Waals surface area (Å²) in [5.41, 5.74) is 0. The van der Waals surface area contributed by atoms with Crippen molar-refractivity contribution in [3.63, 3.8) is 0 Å². The van der Waals surface area contributed by atoms with Gasteiger partial charge in [-0.25, -0.2) is 0 Å². The van der Waals surface area contributed by atoms with Gasteiger partial charge in [-0.15, -0.1) is 16.1 Å². The minimum Gasteiger partial charge on any atom is -0.598 e. The third-order valence-corrected chi connectivity index (χ3v) is 5.81. The van der Waals surface area contributed by atoms with Crippen LogP contribution in [-0.2, 0) is 20.8 Å². The zero-order valence-corrected chi connectivity index (χ0v) is 15.8. The van der Waals surface area contributed by atoms with Gasteiger partial charge in [0.05, 0.1) is 12.1 Å². The van der Waals surface area contributed by atoms with Gasteiger partial charge in [0.2, 0.25) is 0 Å². The summed E-state index contributed by atoms with van der Waals surface area (Å²) in [4.78, 5) is 1.16. The van der Waals surface area contributed by atoms with Crippen molar-refractivity contribution in [2.45, 2.75) is 50.8 Å². The largest absolute Gasteiger partial charge is 0.598 e. The number of methoxy groups -OCH3 is 2. The summed E-state index contributed by atoms with van der Waals surface area (Å²) in [7, 11) is 3.24. The molecule has 0 aliphatic heterocycles. The number of ether oxygens (including phenoxy) is 2. The van der Waals surface area contributed by atoms with Crippen LogP contribution in [0.15, 0.2) is 17.5 Å². The summed E-state index contributed by atoms with van der Waals surface area (Å²) < 4.78 is 25.8. The Kier molecular flexibility index (Phi) is 8.34. The number of thiophene rings is 1. The molecule has 22 heavy (non-hydrogen) atoms. The predicted molar refractivity (Wildman–Crippen MR) is 93.4 cm³/mol. The zero-order chi connectivity index (χ0) is 16.8. The number of hydrogen-bond donors (Lipinski definition) is 2. The Morgan fingerprint density at radius 2 is 1.95 bits per heavy atom. The maximum atomic E-state index is 12.4. The molecule has 3 unspecified atom stereocenters. The van der Waals surface area contributed by atoms with E-state index < -0.39 is 11.4 Å². The maximum absolute atomic E-state index is 12.4. The van der Waals surface area contributed by atoms with Crippen molar-refractivity contribution in [1.82, 2.24) is 10.0 Å². The van der Waals surface area contributed by atoms with E-state index in [1.165, 1.54) is 0 Å². The van der Waals surface area contributed by atoms with Crippen molar-refractivity contribution < 1.29 is 14.0 Å². The molecule has 7 heteroatoms. The SMILES string of the molecule is COC(OC)C(C)NCC(N[S+]([O-])C(C)(C)C)c1cccs1. The van der Waals surface area contributed by atoms with Crippen LogP contribution in [0.2, 0.25) is 0 Å². The Morgan fingerprint density at radius 3 is 2.41 bits per heavy atom. The number of rotatable bonds is 9. The summed E-state index contributed by atoms with van der Waals surface area (Å²) >= 11 is 0.529. The van der Waals surface area contributed by atoms with Gasteiger partial charge in [-0.05, 0) is 39.1 Å². The highest BCUT2D eigenvalue weighted by Crippen LogP contribution is 2.23. The van der Waals surface area contributed by atoms with Gasteiger partial charge in [0, 0.05) is 37.0 Å². The molecule has 0 bridgehead atoms. The lowest BCUT2D eigenvalue weighted by atomic mass is 10.2. The molecule has 0 saturated carbocycles. The first kappa shape index (κ1) is 19.9. The van der Waals surface area contributed by atoms with E-state index in [9.17, 15) is 4.55 Å². The van der Waals surface area contributed by atoms with Gasteiger partial charge in [0.15, 0.2) is 6.29 Å². The van der Waals surface area contributed by atoms with Gasteiger partial charge in [0.25, 0.3) is 0 Å². The summed E-state index contributed by atoms with van der Waals surface area (Å²) in [5, 5.41) is 5.42. The Morgan fingerprint density at radius 1 is 1.32 bits per heavy atom. The lowest BCUT2D eigenvalue weighted by molar-refractivity contribution is -0.119. The van der Waals surface area contributed by atoms with E-state index in [0.717, 1.165) is 4.88 Å². The molecule has 5 nitrogen and oxygen atoms in total. The summed E-state index contributed by atoms with van der Waals surface area (Å²) in [5.74, 6) is 0. The molecule has 0 aromatic carbocycles. The van der Waals surface area contributed by atoms with E-state index in [0.29, 0.717) is 6.54 Å². The first-order valence-corrected chi connectivity index (χ1v) is 9.33. The Balaban J connectivity index is 2.68. The van der Waals surface area contributed by atoms with Crippen LogP contribution in [0.5, 0.6) is 0 Å². The molecule has 1 heterocycles. The van der Waals surface area contributed by atoms with Gasteiger partial charge in [-0.2, -0.15) is 0 Å². The summed E-state index contributed by atoms with van der Waals surface area (Å²) in [6, 6.07) is 4.07. The van der Waals surface area contributed by atoms with E-state index in [2.05, 4.69) is 16.1 Å². The van der Waals surface area contributed by atoms with Crippen molar-refractivity contribution in [2.75, 3.05) is 20.8 Å². The van der Waals surface area contributed by atoms with Crippen LogP contribution in [0, 0.1) is 0 Å². The quantitative estimate of drug-likeness (QED) is 0.530. The van der Waals surface area contributed by atoms with Crippen LogP contribution in [0.25, 0.3) is 0 Å². The van der Waals surface area contributed by atoms with Crippen molar-refractivity contribution in [3.8, 4) is 0 Å². The second kappa shape index (κ2) is 9.22. The lowest BCUT2D eigenvalue weighted by Gasteiger charge is -2.29. The zero-order valence-electron chi connectivity index (χ0n) is 14.2. The Hall–Kier alpha value is -0.150. The molecule has 1 aromatic rings. The topological polar surface area (TPSA) is 65.6 Å². The Labute approximate surface area is 141 Å². The van der Waals surface area contributed by atoms with Crippen molar-refractivity contribution >= 4 is 22.7 Å². The normalized spacial score (nSPS) is 16.7. The van der Waals surface area contributed by atoms with E-state index in [4.69, 9.17) is 9.47 Å². The molecule has 0 aliphatic carbocycles. The van der Waals surface area contributed by atoms with Crippen molar-refractivity contribution in [2.24, 2.45) is 0 Å². The molecule has 2 N–H and O–H groups in total. The first-order valence-electron chi connectivity index (χ1n) is 7.30. The predicted octanol–water partition coefficient (Wildman–Crippen LogP) is 2.44. The van der Waals surface area contributed by atoms with E-state index in [1.54, 1.807) is 25.6 Å². The average molecular weight is 349 g/mol. The molecule has 0 fully saturated rings. The molecule has 1 aromatic heterocycles. The van der Waals surface area contributed by atoms with Crippen LogP contribution < -0.4 is 10.0 Å². The second-order valence-electron chi connectivity index (χ2n) is 6.10. The first-order chi connectivity index (χ1) is 10.3. The minimum atomic E-state index is -1.13. The fourth-order valence-electron chi connectivity index (χ4n) is 1.90. The fourth-order valence-corrected chi connectivity index (χ4v) is 3.58. The third kappa shape index (κ3) is 6.16. The van der Waals surface area contributed by atoms with Gasteiger partial charge >= 0.3 is 0 Å². The van der Waals surface area contributed by atoms with Gasteiger partial charge in [-0.3, -0.25) is 0 Å². The van der Waals surface area contributed by atoms with Crippen LogP contribution in [0.4, 0.5) is 0 Å². The summed E-state index contributed by atoms with van der Waals surface area (Å²) in [6.45, 7) is 8.53. The smallest absolute Gasteiger partial charge is 0.171 e. The average Bonchev–Trinajstić information content (AvgIpc) is 2.97. The second-order valence-corrected chi connectivity index (χ2v) is 9.08. The summed E-state index contributed by atoms with van der Waals surface area (Å²) in [6.07, 6.45) is -0.308. The molecule has 1 rings (SSSR count). The van der Waals surface area contributed by atoms with Crippen molar-refractivity contribution in [3.05, 3.63) is 22.4 Å². The van der Waals surface area contributed by atoms with Crippen LogP contribution >= 0.6 is 11.3 Å². The molecule has 0 aliphatic rings. The minimum absolute atomic E-state index is 0.0168. The molecule has 0 radical (unpaired) electrons. The highest BCUT2D eigenvalue weighted by Gasteiger charge is 2.30. The van der Waals surface area contributed by atoms with E-state index in [-0.39, 0.29) is 23.1 Å². The highest BCUT2D eigenvalue weighted by atomic mass is 32.2. The Bertz CT molecular complexity index is 405. The molecule has 0 amide bonds. The number of nitrogens with one attached hydrogen (secondary N) is 2. The molecule has 3 atom stereocenters. The van der Waals surface area contributed by atoms with Gasteiger partial charge < -0.3 is 19.3 Å². The molecule has 0 saturated heterocycles. The van der Waals surface area contributed by atoms with Gasteiger partial charge in [-0.1, -0.05) is 6.07 Å². The maximum Gasteiger partial charge on any atom is 0.171 e. The van der Waals surface area contributed by atoms with Gasteiger partial charge in [0.1, 0.15) is 4.75 Å². The van der Waals surface area contributed by atoms with Crippen LogP contribution in [0.1, 0.15) is 38.6 Å². The molecular formula is C15H28N2O3S2. The van der Waals surface area contributed by atoms with E-state index in [1.807, 2.05) is 39.1 Å². The van der Waals surface area contributed by atoms with E-state index >= 15 is 0 Å². The highest BCUT2D eigenvalue weighted by molar-refractivity contribution is 7.90. The standard InChI is InChI=1S/C15H28N2O3S2/c1-11(14(19-5)20-6)16-10-12(13-8-7-9-21-13)17-22(18)15(2,3)4/h7-9,11-12,14,16-17H,10H2,1-6H3. The fraction of sp³-hybridized carbons (Fsp3) is 0.733. The molecule has 128 valence electrons. The lowest BCUT2D eigenvalue weighted by Crippen LogP contribution is -2.47. The number of hydrogen-bond acceptors (Lipinski definition) is 6. The van der Waals surface area contributed by atoms with Crippen molar-refractivity contribution in [1.29, 1.82) is 0 Å². The van der Waals surface area contributed by atoms with Crippen LogP contribution in [0.3, 0.4) is 0 Å².